The number of aliphatic hydroxyl groups excluding tert-OH is 1. The van der Waals surface area contributed by atoms with Gasteiger partial charge in [-0.25, -0.2) is 0 Å². The van der Waals surface area contributed by atoms with E-state index in [1.807, 2.05) is 0 Å². The zero-order valence-corrected chi connectivity index (χ0v) is 25.7. The minimum absolute atomic E-state index is 0.251. The van der Waals surface area contributed by atoms with Crippen molar-refractivity contribution < 1.29 is 22.9 Å². The third kappa shape index (κ3) is 27.4. The van der Waals surface area contributed by atoms with Crippen molar-refractivity contribution in [3.63, 3.8) is 0 Å². The van der Waals surface area contributed by atoms with E-state index in [0.29, 0.717) is 6.42 Å². The Balaban J connectivity index is 4.08. The lowest BCUT2D eigenvalue weighted by Gasteiger charge is -2.21. The van der Waals surface area contributed by atoms with Crippen LogP contribution in [0.1, 0.15) is 110 Å². The molecule has 7 heteroatoms. The van der Waals surface area contributed by atoms with Crippen LogP contribution in [0.5, 0.6) is 0 Å². The van der Waals surface area contributed by atoms with Crippen LogP contribution in [0, 0.1) is 0 Å². The quantitative estimate of drug-likeness (QED) is 0.0580. The van der Waals surface area contributed by atoms with Crippen LogP contribution >= 0.6 is 0 Å². The highest BCUT2D eigenvalue weighted by molar-refractivity contribution is 7.85. The van der Waals surface area contributed by atoms with Crippen molar-refractivity contribution in [3.8, 4) is 0 Å². The topological polar surface area (TPSA) is 104 Å². The molecule has 0 aromatic rings. The first-order valence-corrected chi connectivity index (χ1v) is 16.7. The molecule has 0 rings (SSSR count). The average molecular weight is 578 g/mol. The van der Waals surface area contributed by atoms with Crippen LogP contribution in [-0.4, -0.2) is 41.9 Å². The molecule has 2 atom stereocenters. The van der Waals surface area contributed by atoms with Gasteiger partial charge in [-0.05, 0) is 64.2 Å². The van der Waals surface area contributed by atoms with Crippen molar-refractivity contribution in [2.45, 2.75) is 122 Å². The fourth-order valence-electron chi connectivity index (χ4n) is 3.88. The number of carbonyl (C=O) groups is 1. The Morgan fingerprint density at radius 1 is 0.700 bits per heavy atom. The number of nitrogens with one attached hydrogen (secondary N) is 1. The third-order valence-electron chi connectivity index (χ3n) is 6.14. The van der Waals surface area contributed by atoms with E-state index in [1.54, 1.807) is 6.08 Å². The lowest BCUT2D eigenvalue weighted by atomic mass is 10.1. The van der Waals surface area contributed by atoms with Gasteiger partial charge in [-0.1, -0.05) is 112 Å². The van der Waals surface area contributed by atoms with Gasteiger partial charge in [-0.2, -0.15) is 8.42 Å². The monoisotopic (exact) mass is 577 g/mol. The molecule has 1 amide bonds. The first kappa shape index (κ1) is 37.8. The van der Waals surface area contributed by atoms with Crippen LogP contribution < -0.4 is 5.32 Å². The van der Waals surface area contributed by atoms with Crippen LogP contribution in [0.4, 0.5) is 0 Å². The highest BCUT2D eigenvalue weighted by Gasteiger charge is 2.24. The molecule has 0 aromatic carbocycles. The van der Waals surface area contributed by atoms with Gasteiger partial charge >= 0.3 is 0 Å². The van der Waals surface area contributed by atoms with Gasteiger partial charge in [0.1, 0.15) is 0 Å². The number of allylic oxidation sites excluding steroid dienone is 11. The van der Waals surface area contributed by atoms with Crippen molar-refractivity contribution in [2.24, 2.45) is 0 Å². The summed E-state index contributed by atoms with van der Waals surface area (Å²) in [6, 6.07) is -1.07. The van der Waals surface area contributed by atoms with Gasteiger partial charge in [0.25, 0.3) is 10.1 Å². The summed E-state index contributed by atoms with van der Waals surface area (Å²) in [5.41, 5.74) is 0. The molecule has 0 radical (unpaired) electrons. The molecule has 0 aliphatic carbocycles. The Morgan fingerprint density at radius 2 is 1.20 bits per heavy atom. The minimum Gasteiger partial charge on any atom is -0.387 e. The van der Waals surface area contributed by atoms with Crippen molar-refractivity contribution in [1.29, 1.82) is 0 Å². The SMILES string of the molecule is CC/C=C\C/C=C\C/C=C\C/C=C\C/C=C\CCCCCC(=O)NC(CS(=O)(=O)O)C(O)/C=C/CCCCCC. The molecule has 0 bridgehead atoms. The van der Waals surface area contributed by atoms with Gasteiger partial charge in [-0.15, -0.1) is 0 Å². The number of unbranched alkanes of at least 4 members (excludes halogenated alkanes) is 7. The first-order valence-electron chi connectivity index (χ1n) is 15.1. The van der Waals surface area contributed by atoms with E-state index in [-0.39, 0.29) is 12.3 Å². The highest BCUT2D eigenvalue weighted by atomic mass is 32.2. The summed E-state index contributed by atoms with van der Waals surface area (Å²) in [5, 5.41) is 12.9. The van der Waals surface area contributed by atoms with E-state index >= 15 is 0 Å². The lowest BCUT2D eigenvalue weighted by Crippen LogP contribution is -2.46. The van der Waals surface area contributed by atoms with Gasteiger partial charge < -0.3 is 10.4 Å². The van der Waals surface area contributed by atoms with Crippen LogP contribution in [0.15, 0.2) is 72.9 Å². The summed E-state index contributed by atoms with van der Waals surface area (Å²) >= 11 is 0. The number of carbonyl (C=O) groups excluding carboxylic acids is 1. The molecule has 3 N–H and O–H groups in total. The minimum atomic E-state index is -4.34. The average Bonchev–Trinajstić information content (AvgIpc) is 2.90. The molecule has 40 heavy (non-hydrogen) atoms. The maximum Gasteiger partial charge on any atom is 0.267 e. The molecule has 6 nitrogen and oxygen atoms in total. The van der Waals surface area contributed by atoms with Crippen molar-refractivity contribution in [2.75, 3.05) is 5.75 Å². The molecule has 0 spiro atoms. The lowest BCUT2D eigenvalue weighted by molar-refractivity contribution is -0.122. The molecular weight excluding hydrogens is 522 g/mol. The van der Waals surface area contributed by atoms with E-state index in [4.69, 9.17) is 0 Å². The number of hydrogen-bond acceptors (Lipinski definition) is 4. The van der Waals surface area contributed by atoms with Gasteiger partial charge in [0, 0.05) is 6.42 Å². The molecule has 0 saturated carbocycles. The molecule has 0 saturated heterocycles. The third-order valence-corrected chi connectivity index (χ3v) is 6.92. The van der Waals surface area contributed by atoms with Crippen molar-refractivity contribution in [1.82, 2.24) is 5.32 Å². The normalized spacial score (nSPS) is 14.6. The van der Waals surface area contributed by atoms with Gasteiger partial charge in [0.15, 0.2) is 0 Å². The Hall–Kier alpha value is -2.22. The highest BCUT2D eigenvalue weighted by Crippen LogP contribution is 2.08. The maximum atomic E-state index is 12.3. The second-order valence-corrected chi connectivity index (χ2v) is 11.5. The van der Waals surface area contributed by atoms with E-state index in [2.05, 4.69) is 79.9 Å². The summed E-state index contributed by atoms with van der Waals surface area (Å²) in [6.07, 6.45) is 37.7. The van der Waals surface area contributed by atoms with E-state index < -0.39 is 28.0 Å². The number of amides is 1. The number of aliphatic hydroxyl groups is 1. The molecule has 0 heterocycles. The summed E-state index contributed by atoms with van der Waals surface area (Å²) in [5.74, 6) is -1.04. The second kappa shape index (κ2) is 27.0. The smallest absolute Gasteiger partial charge is 0.267 e. The summed E-state index contributed by atoms with van der Waals surface area (Å²) in [6.45, 7) is 4.27. The zero-order valence-electron chi connectivity index (χ0n) is 24.9. The number of hydrogen-bond donors (Lipinski definition) is 3. The van der Waals surface area contributed by atoms with Gasteiger partial charge in [0.2, 0.25) is 5.91 Å². The largest absolute Gasteiger partial charge is 0.387 e. The fraction of sp³-hybridized carbons (Fsp3) is 0.606. The Labute approximate surface area is 244 Å². The second-order valence-electron chi connectivity index (χ2n) is 10.00. The van der Waals surface area contributed by atoms with Crippen LogP contribution in [0.25, 0.3) is 0 Å². The first-order chi connectivity index (χ1) is 19.3. The summed E-state index contributed by atoms with van der Waals surface area (Å²) in [7, 11) is -4.34. The van der Waals surface area contributed by atoms with Gasteiger partial charge in [-0.3, -0.25) is 9.35 Å². The molecular formula is C33H55NO5S. The molecule has 0 aliphatic heterocycles. The fourth-order valence-corrected chi connectivity index (χ4v) is 4.62. The predicted octanol–water partition coefficient (Wildman–Crippen LogP) is 7.95. The standard InChI is InChI=1S/C33H55NO5S/c1-3-5-7-9-11-12-13-14-15-16-17-18-19-20-21-22-23-25-27-29-33(36)34-31(30-40(37,38)39)32(35)28-26-24-10-8-6-4-2/h5,7,11-12,14-15,17-18,20-21,26,28,31-32,35H,3-4,6,8-10,13,16,19,22-25,27,29-30H2,1-2H3,(H,34,36)(H,37,38,39)/b7-5-,12-11-,15-14-,18-17-,21-20-,28-26+. The summed E-state index contributed by atoms with van der Waals surface area (Å²) < 4.78 is 32.0. The molecule has 0 aromatic heterocycles. The molecule has 2 unspecified atom stereocenters. The molecule has 228 valence electrons. The molecule has 0 aliphatic rings. The van der Waals surface area contributed by atoms with Crippen molar-refractivity contribution >= 4 is 16.0 Å². The van der Waals surface area contributed by atoms with Crippen LogP contribution in [0.2, 0.25) is 0 Å². The van der Waals surface area contributed by atoms with E-state index in [9.17, 15) is 22.9 Å². The van der Waals surface area contributed by atoms with E-state index in [0.717, 1.165) is 83.5 Å². The Morgan fingerprint density at radius 3 is 1.73 bits per heavy atom. The van der Waals surface area contributed by atoms with Crippen LogP contribution in [0.3, 0.4) is 0 Å². The number of rotatable bonds is 25. The van der Waals surface area contributed by atoms with Crippen LogP contribution in [-0.2, 0) is 14.9 Å². The molecule has 0 fully saturated rings. The Kier molecular flexibility index (Phi) is 25.5. The van der Waals surface area contributed by atoms with E-state index in [1.165, 1.54) is 6.08 Å². The van der Waals surface area contributed by atoms with Gasteiger partial charge in [0.05, 0.1) is 17.9 Å². The zero-order chi connectivity index (χ0) is 29.7. The predicted molar refractivity (Wildman–Crippen MR) is 170 cm³/mol. The Bertz CT molecular complexity index is 900. The maximum absolute atomic E-state index is 12.3. The summed E-state index contributed by atoms with van der Waals surface area (Å²) in [4.78, 5) is 12.3. The van der Waals surface area contributed by atoms with Crippen molar-refractivity contribution in [3.05, 3.63) is 72.9 Å².